The van der Waals surface area contributed by atoms with Gasteiger partial charge in [0.1, 0.15) is 164 Å². The zero-order valence-corrected chi connectivity index (χ0v) is 81.5. The molecular formula is C94H152O47. The van der Waals surface area contributed by atoms with E-state index in [2.05, 4.69) is 19.9 Å². The number of esters is 3. The van der Waals surface area contributed by atoms with Gasteiger partial charge in [0.25, 0.3) is 0 Å². The fourth-order valence-electron chi connectivity index (χ4n) is 24.6. The van der Waals surface area contributed by atoms with Crippen LogP contribution in [-0.2, 0) is 109 Å². The number of aliphatic hydroxyl groups is 23. The second-order valence-corrected chi connectivity index (χ2v) is 43.3. The molecule has 54 unspecified atom stereocenters. The van der Waals surface area contributed by atoms with Crippen molar-refractivity contribution in [2.75, 3.05) is 26.4 Å². The van der Waals surface area contributed by atoms with Gasteiger partial charge in [-0.2, -0.15) is 0 Å². The average molecular weight is 2030 g/mol. The van der Waals surface area contributed by atoms with E-state index in [-0.39, 0.29) is 63.2 Å². The Hall–Kier alpha value is -4.23. The molecule has 0 radical (unpaired) electrons. The molecule has 47 heteroatoms. The molecule has 13 aliphatic rings. The molecular weight excluding hydrogens is 1880 g/mol. The van der Waals surface area contributed by atoms with Crippen LogP contribution in [0, 0.1) is 62.1 Å². The zero-order valence-electron chi connectivity index (χ0n) is 81.5. The molecule has 13 rings (SSSR count). The molecule has 54 atom stereocenters. The van der Waals surface area contributed by atoms with E-state index in [0.717, 1.165) is 11.9 Å². The lowest BCUT2D eigenvalue weighted by Crippen LogP contribution is -2.69. The van der Waals surface area contributed by atoms with Gasteiger partial charge in [-0.1, -0.05) is 93.7 Å². The number of carboxylic acids is 1. The minimum Gasteiger partial charge on any atom is -0.479 e. The molecule has 141 heavy (non-hydrogen) atoms. The van der Waals surface area contributed by atoms with Gasteiger partial charge in [-0.05, 0) is 130 Å². The van der Waals surface area contributed by atoms with Gasteiger partial charge < -0.3 is 213 Å². The van der Waals surface area contributed by atoms with Crippen molar-refractivity contribution in [3.63, 3.8) is 0 Å². The lowest BCUT2D eigenvalue weighted by Gasteiger charge is -2.71. The number of aldehydes is 1. The molecule has 8 saturated heterocycles. The van der Waals surface area contributed by atoms with Crippen molar-refractivity contribution in [2.24, 2.45) is 62.1 Å². The Morgan fingerprint density at radius 1 is 0.461 bits per heavy atom. The normalized spacial score (nSPS) is 49.1. The van der Waals surface area contributed by atoms with Crippen molar-refractivity contribution in [1.82, 2.24) is 0 Å². The molecule has 8 heterocycles. The van der Waals surface area contributed by atoms with Crippen LogP contribution in [0.15, 0.2) is 11.6 Å². The summed E-state index contributed by atoms with van der Waals surface area (Å²) < 4.78 is 110. The number of aliphatic carboxylic acids is 1. The molecule has 0 bridgehead atoms. The maximum atomic E-state index is 16.5. The Bertz CT molecular complexity index is 4170. The van der Waals surface area contributed by atoms with Crippen LogP contribution < -0.4 is 0 Å². The molecule has 0 amide bonds. The van der Waals surface area contributed by atoms with Crippen LogP contribution >= 0.6 is 0 Å². The second kappa shape index (κ2) is 45.5. The fraction of sp³-hybridized carbons (Fsp3) is 0.926. The molecule has 0 aromatic carbocycles. The van der Waals surface area contributed by atoms with Crippen molar-refractivity contribution >= 4 is 30.2 Å². The Morgan fingerprint density at radius 2 is 0.950 bits per heavy atom. The average Bonchev–Trinajstić information content (AvgIpc) is 0.700. The fourth-order valence-corrected chi connectivity index (χ4v) is 24.6. The Morgan fingerprint density at radius 3 is 1.53 bits per heavy atom. The number of carbonyl (C=O) groups is 5. The number of aliphatic hydroxyl groups excluding tert-OH is 23. The van der Waals surface area contributed by atoms with Gasteiger partial charge in [0.05, 0.1) is 93.5 Å². The van der Waals surface area contributed by atoms with Gasteiger partial charge in [0.15, 0.2) is 62.3 Å². The van der Waals surface area contributed by atoms with Crippen molar-refractivity contribution in [1.29, 1.82) is 0 Å². The third-order valence-electron chi connectivity index (χ3n) is 33.9. The highest BCUT2D eigenvalue weighted by atomic mass is 16.8. The number of fused-ring (bicyclic) bond motifs is 7. The van der Waals surface area contributed by atoms with Crippen LogP contribution in [0.5, 0.6) is 0 Å². The topological polar surface area (TPSA) is 737 Å². The highest BCUT2D eigenvalue weighted by molar-refractivity contribution is 5.80. The van der Waals surface area contributed by atoms with Gasteiger partial charge in [-0.3, -0.25) is 14.4 Å². The highest BCUT2D eigenvalue weighted by Crippen LogP contribution is 2.76. The first kappa shape index (κ1) is 114. The Labute approximate surface area is 815 Å². The number of carbonyl (C=O) groups excluding carboxylic acids is 4. The smallest absolute Gasteiger partial charge is 0.335 e. The molecule has 0 aromatic heterocycles. The first-order chi connectivity index (χ1) is 66.2. The van der Waals surface area contributed by atoms with Crippen molar-refractivity contribution in [2.45, 2.75) is 456 Å². The van der Waals surface area contributed by atoms with Crippen molar-refractivity contribution in [3.8, 4) is 0 Å². The standard InChI is InChI=1S/C94H152O47/c1-14-35(3)45(128-54(103)26-41(100)25-46(36(4)15-2)129-82-65(114)60(109)49(32-97)130-82)24-40(99)27-55(104)134-72-38(6)127-86(77(69(72)118)139-85-71(120)75(137-83-67(116)62(111)58(107)47(30-95)131-83)73(39(7)126-85)135-80-64(113)57(106)44(101)33-124-80)141-88(123)94-23-22-89(8,9)28-43(94)42-16-17-51-90(10)20-19-53(91(11,34-98)50(90)18-21-92(51,12)93(42,13)29-52(94)102)133-87-78(140-84-68(117)63(112)59(108)48(31-96)132-84)74(70(119)76(138-87)79(121)122)136-81-66(115)61(110)56(105)37(5)125-81/h16,34-41,43-53,56-78,80-87,95-97,99-102,105-120H,14-15,17-33H2,1-13H3,(H,121,122). The largest absolute Gasteiger partial charge is 0.479 e. The molecule has 47 nitrogen and oxygen atoms in total. The Balaban J connectivity index is 0.779. The van der Waals surface area contributed by atoms with Gasteiger partial charge >= 0.3 is 23.9 Å². The molecule has 4 saturated carbocycles. The van der Waals surface area contributed by atoms with E-state index >= 15 is 4.79 Å². The van der Waals surface area contributed by atoms with Crippen molar-refractivity contribution < 1.29 is 232 Å². The van der Waals surface area contributed by atoms with E-state index in [0.29, 0.717) is 32.1 Å². The monoisotopic (exact) mass is 2030 g/mol. The van der Waals surface area contributed by atoms with Crippen LogP contribution in [0.3, 0.4) is 0 Å². The number of hydrogen-bond donors (Lipinski definition) is 24. The summed E-state index contributed by atoms with van der Waals surface area (Å²) >= 11 is 0. The summed E-state index contributed by atoms with van der Waals surface area (Å²) in [7, 11) is 0. The molecule has 24 N–H and O–H groups in total. The van der Waals surface area contributed by atoms with Crippen molar-refractivity contribution in [3.05, 3.63) is 11.6 Å². The quantitative estimate of drug-likeness (QED) is 0.00924. The summed E-state index contributed by atoms with van der Waals surface area (Å²) in [6.07, 6.45) is -75.9. The number of hydrogen-bond acceptors (Lipinski definition) is 46. The number of allylic oxidation sites excluding steroid dienone is 2. The molecule has 8 aliphatic heterocycles. The van der Waals surface area contributed by atoms with Crippen LogP contribution in [0.25, 0.3) is 0 Å². The Kier molecular flexibility index (Phi) is 36.8. The molecule has 5 aliphatic carbocycles. The SMILES string of the molecule is CCC(C)C(CC(O)CC(=O)OC1C(C)OC(OC(=O)C23CCC(C)(C)CC2C2=CCC4C5(C)CCC(OC6OC(C(=O)O)C(O)C(OC7OC(C)C(O)C(O)C7O)C6OC6OC(CO)C(O)C(O)C6O)C(C)(C=O)C5CCC4(C)C2(C)CC3O)C(OC2OC(C)C(OC3OCC(O)C(O)C3O)C(OC3OC(CO)C(O)C(O)C3O)C2O)C1O)OC(=O)CC(O)CC(OC1OC(CO)C(O)C1O)C(C)CC. The van der Waals surface area contributed by atoms with E-state index in [1.807, 2.05) is 27.7 Å². The second-order valence-electron chi connectivity index (χ2n) is 43.3. The third kappa shape index (κ3) is 22.2. The highest BCUT2D eigenvalue weighted by Gasteiger charge is 2.74. The first-order valence-corrected chi connectivity index (χ1v) is 49.4. The third-order valence-corrected chi connectivity index (χ3v) is 33.9. The minimum atomic E-state index is -2.31. The summed E-state index contributed by atoms with van der Waals surface area (Å²) in [5, 5.41) is 268. The summed E-state index contributed by atoms with van der Waals surface area (Å²) in [6.45, 7) is 19.9. The summed E-state index contributed by atoms with van der Waals surface area (Å²) in [5.41, 5.74) is -5.76. The van der Waals surface area contributed by atoms with Gasteiger partial charge in [-0.15, -0.1) is 0 Å². The number of ether oxygens (including phenoxy) is 18. The molecule has 12 fully saturated rings. The van der Waals surface area contributed by atoms with Crippen LogP contribution in [0.4, 0.5) is 0 Å². The predicted octanol–water partition coefficient (Wildman–Crippen LogP) is -5.94. The van der Waals surface area contributed by atoms with Gasteiger partial charge in [0, 0.05) is 12.8 Å². The van der Waals surface area contributed by atoms with E-state index in [9.17, 15) is 142 Å². The van der Waals surface area contributed by atoms with Crippen LogP contribution in [-0.4, -0.2) is 449 Å². The van der Waals surface area contributed by atoms with Crippen LogP contribution in [0.1, 0.15) is 186 Å². The molecule has 0 aromatic rings. The van der Waals surface area contributed by atoms with E-state index < -0.39 is 383 Å². The van der Waals surface area contributed by atoms with Gasteiger partial charge in [0.2, 0.25) is 6.29 Å². The molecule has 810 valence electrons. The lowest BCUT2D eigenvalue weighted by atomic mass is 9.33. The predicted molar refractivity (Wildman–Crippen MR) is 469 cm³/mol. The number of carboxylic acid groups (broad SMARTS) is 1. The van der Waals surface area contributed by atoms with E-state index in [4.69, 9.17) is 85.3 Å². The summed E-state index contributed by atoms with van der Waals surface area (Å²) in [5.74, 6) is -7.48. The number of rotatable bonds is 35. The summed E-state index contributed by atoms with van der Waals surface area (Å²) in [6, 6.07) is 0. The maximum Gasteiger partial charge on any atom is 0.335 e. The van der Waals surface area contributed by atoms with E-state index in [1.54, 1.807) is 27.7 Å². The maximum absolute atomic E-state index is 16.5. The van der Waals surface area contributed by atoms with Gasteiger partial charge in [-0.25, -0.2) is 4.79 Å². The zero-order chi connectivity index (χ0) is 104. The summed E-state index contributed by atoms with van der Waals surface area (Å²) in [4.78, 5) is 72.6. The van der Waals surface area contributed by atoms with E-state index in [1.165, 1.54) is 20.8 Å². The lowest BCUT2D eigenvalue weighted by molar-refractivity contribution is -0.395. The first-order valence-electron chi connectivity index (χ1n) is 49.4. The minimum absolute atomic E-state index is 0.0200. The molecule has 0 spiro atoms. The van der Waals surface area contributed by atoms with Crippen LogP contribution in [0.2, 0.25) is 0 Å².